The van der Waals surface area contributed by atoms with Crippen molar-refractivity contribution in [3.63, 3.8) is 0 Å². The number of carbonyl (C=O) groups excluding carboxylic acids is 1. The summed E-state index contributed by atoms with van der Waals surface area (Å²) in [6.07, 6.45) is -4.74. The third-order valence-electron chi connectivity index (χ3n) is 4.16. The van der Waals surface area contributed by atoms with Crippen molar-refractivity contribution in [1.29, 1.82) is 0 Å². The van der Waals surface area contributed by atoms with Gasteiger partial charge in [0, 0.05) is 13.6 Å². The third-order valence-corrected chi connectivity index (χ3v) is 4.77. The summed E-state index contributed by atoms with van der Waals surface area (Å²) >= 11 is 12.3. The summed E-state index contributed by atoms with van der Waals surface area (Å²) in [6, 6.07) is 8.94. The van der Waals surface area contributed by atoms with Gasteiger partial charge in [0.1, 0.15) is 5.52 Å². The molecule has 1 heterocycles. The minimum atomic E-state index is -4.74. The van der Waals surface area contributed by atoms with Crippen molar-refractivity contribution < 1.29 is 23.1 Å². The van der Waals surface area contributed by atoms with Gasteiger partial charge in [-0.25, -0.2) is 4.98 Å². The van der Waals surface area contributed by atoms with Crippen molar-refractivity contribution in [2.45, 2.75) is 12.7 Å². The molecule has 0 aliphatic heterocycles. The molecule has 0 atom stereocenters. The third kappa shape index (κ3) is 3.55. The second kappa shape index (κ2) is 7.62. The number of rotatable bonds is 4. The number of halogens is 5. The standard InChI is InChI=1S/C18H14Cl2F3N3O2/c1-25(15-11(19)5-3-6-12(15)20)16(28)10-4-2-7-13-14(10)24-17(18(21,22)23)26(13)8-9-27/h2-7,27H,8-9H2,1H3. The van der Waals surface area contributed by atoms with E-state index in [1.54, 1.807) is 18.2 Å². The van der Waals surface area contributed by atoms with Crippen LogP contribution < -0.4 is 4.90 Å². The van der Waals surface area contributed by atoms with Gasteiger partial charge in [-0.05, 0) is 24.3 Å². The van der Waals surface area contributed by atoms with Gasteiger partial charge in [0.05, 0.1) is 33.4 Å². The number of hydrogen-bond acceptors (Lipinski definition) is 3. The van der Waals surface area contributed by atoms with Crippen molar-refractivity contribution in [3.8, 4) is 0 Å². The maximum absolute atomic E-state index is 13.4. The van der Waals surface area contributed by atoms with Crippen LogP contribution >= 0.6 is 23.2 Å². The molecular weight excluding hydrogens is 418 g/mol. The predicted molar refractivity (Wildman–Crippen MR) is 101 cm³/mol. The van der Waals surface area contributed by atoms with Crippen LogP contribution in [0.5, 0.6) is 0 Å². The van der Waals surface area contributed by atoms with Gasteiger partial charge in [0.15, 0.2) is 0 Å². The van der Waals surface area contributed by atoms with Crippen LogP contribution in [-0.4, -0.2) is 34.2 Å². The summed E-state index contributed by atoms with van der Waals surface area (Å²) < 4.78 is 41.0. The molecular formula is C18H14Cl2F3N3O2. The van der Waals surface area contributed by atoms with Crippen LogP contribution in [-0.2, 0) is 12.7 Å². The van der Waals surface area contributed by atoms with Gasteiger partial charge in [0.2, 0.25) is 5.82 Å². The van der Waals surface area contributed by atoms with E-state index in [4.69, 9.17) is 28.3 Å². The number of alkyl halides is 3. The van der Waals surface area contributed by atoms with Crippen LogP contribution in [0.25, 0.3) is 11.0 Å². The Morgan fingerprint density at radius 3 is 2.36 bits per heavy atom. The van der Waals surface area contributed by atoms with Crippen molar-refractivity contribution in [1.82, 2.24) is 9.55 Å². The highest BCUT2D eigenvalue weighted by Gasteiger charge is 2.38. The lowest BCUT2D eigenvalue weighted by Crippen LogP contribution is -2.27. The molecule has 3 aromatic rings. The van der Waals surface area contributed by atoms with Crippen molar-refractivity contribution >= 4 is 45.8 Å². The minimum absolute atomic E-state index is 0.0434. The van der Waals surface area contributed by atoms with Gasteiger partial charge in [0.25, 0.3) is 5.91 Å². The van der Waals surface area contributed by atoms with Crippen molar-refractivity contribution in [3.05, 3.63) is 57.8 Å². The number of aliphatic hydroxyl groups is 1. The highest BCUT2D eigenvalue weighted by Crippen LogP contribution is 2.35. The van der Waals surface area contributed by atoms with E-state index in [9.17, 15) is 18.0 Å². The molecule has 0 aliphatic carbocycles. The number of imidazole rings is 1. The maximum atomic E-state index is 13.4. The molecule has 1 aromatic heterocycles. The Balaban J connectivity index is 2.17. The number of nitrogens with zero attached hydrogens (tertiary/aromatic N) is 3. The van der Waals surface area contributed by atoms with E-state index < -0.39 is 24.5 Å². The molecule has 148 valence electrons. The van der Waals surface area contributed by atoms with Gasteiger partial charge >= 0.3 is 6.18 Å². The van der Waals surface area contributed by atoms with Gasteiger partial charge in [-0.3, -0.25) is 4.79 Å². The summed E-state index contributed by atoms with van der Waals surface area (Å²) in [4.78, 5) is 17.8. The first-order valence-electron chi connectivity index (χ1n) is 8.06. The molecule has 0 fully saturated rings. The summed E-state index contributed by atoms with van der Waals surface area (Å²) in [7, 11) is 1.42. The molecule has 1 N–H and O–H groups in total. The smallest absolute Gasteiger partial charge is 0.395 e. The molecule has 0 saturated heterocycles. The quantitative estimate of drug-likeness (QED) is 0.654. The number of amides is 1. The number of aromatic nitrogens is 2. The lowest BCUT2D eigenvalue weighted by Gasteiger charge is -2.20. The molecule has 0 aliphatic rings. The van der Waals surface area contributed by atoms with E-state index in [0.717, 1.165) is 9.47 Å². The Morgan fingerprint density at radius 1 is 1.18 bits per heavy atom. The second-order valence-corrected chi connectivity index (χ2v) is 6.73. The Bertz CT molecular complexity index is 1030. The van der Waals surface area contributed by atoms with Gasteiger partial charge in [-0.2, -0.15) is 13.2 Å². The molecule has 10 heteroatoms. The minimum Gasteiger partial charge on any atom is -0.395 e. The van der Waals surface area contributed by atoms with Crippen LogP contribution in [0.2, 0.25) is 10.0 Å². The second-order valence-electron chi connectivity index (χ2n) is 5.92. The van der Waals surface area contributed by atoms with Crippen molar-refractivity contribution in [2.24, 2.45) is 0 Å². The average Bonchev–Trinajstić information content (AvgIpc) is 3.00. The number of aliphatic hydroxyl groups excluding tert-OH is 1. The number of hydrogen-bond donors (Lipinski definition) is 1. The number of para-hydroxylation sites is 2. The van der Waals surface area contributed by atoms with Crippen LogP contribution in [0.15, 0.2) is 36.4 Å². The molecule has 3 rings (SSSR count). The predicted octanol–water partition coefficient (Wildman–Crippen LogP) is 4.63. The van der Waals surface area contributed by atoms with Crippen LogP contribution in [0, 0.1) is 0 Å². The SMILES string of the molecule is CN(C(=O)c1cccc2c1nc(C(F)(F)F)n2CCO)c1c(Cl)cccc1Cl. The zero-order chi connectivity index (χ0) is 20.6. The summed E-state index contributed by atoms with van der Waals surface area (Å²) in [5.74, 6) is -1.81. The summed E-state index contributed by atoms with van der Waals surface area (Å²) in [6.45, 7) is -0.822. The average molecular weight is 432 g/mol. The highest BCUT2D eigenvalue weighted by atomic mass is 35.5. The molecule has 28 heavy (non-hydrogen) atoms. The molecule has 2 aromatic carbocycles. The zero-order valence-corrected chi connectivity index (χ0v) is 16.0. The first-order chi connectivity index (χ1) is 13.2. The molecule has 0 spiro atoms. The number of anilines is 1. The maximum Gasteiger partial charge on any atom is 0.449 e. The fourth-order valence-corrected chi connectivity index (χ4v) is 3.60. The van der Waals surface area contributed by atoms with Crippen molar-refractivity contribution in [2.75, 3.05) is 18.6 Å². The molecule has 5 nitrogen and oxygen atoms in total. The lowest BCUT2D eigenvalue weighted by molar-refractivity contribution is -0.147. The van der Waals surface area contributed by atoms with E-state index in [2.05, 4.69) is 4.98 Å². The monoisotopic (exact) mass is 431 g/mol. The Kier molecular flexibility index (Phi) is 5.56. The largest absolute Gasteiger partial charge is 0.449 e. The number of fused-ring (bicyclic) bond motifs is 1. The Labute approximate surface area is 167 Å². The first-order valence-corrected chi connectivity index (χ1v) is 8.81. The van der Waals surface area contributed by atoms with Crippen LogP contribution in [0.3, 0.4) is 0 Å². The highest BCUT2D eigenvalue weighted by molar-refractivity contribution is 6.40. The number of benzene rings is 2. The first kappa shape index (κ1) is 20.4. The fourth-order valence-electron chi connectivity index (χ4n) is 2.95. The van der Waals surface area contributed by atoms with E-state index >= 15 is 0 Å². The topological polar surface area (TPSA) is 58.4 Å². The number of carbonyl (C=O) groups is 1. The Morgan fingerprint density at radius 2 is 1.79 bits per heavy atom. The Hall–Kier alpha value is -2.29. The van der Waals surface area contributed by atoms with E-state index in [1.807, 2.05) is 0 Å². The lowest BCUT2D eigenvalue weighted by atomic mass is 10.1. The van der Waals surface area contributed by atoms with E-state index in [1.165, 1.54) is 25.2 Å². The van der Waals surface area contributed by atoms with Gasteiger partial charge < -0.3 is 14.6 Å². The normalized spacial score (nSPS) is 11.8. The molecule has 0 bridgehead atoms. The summed E-state index contributed by atoms with van der Waals surface area (Å²) in [5, 5.41) is 9.58. The zero-order valence-electron chi connectivity index (χ0n) is 14.5. The molecule has 0 saturated carbocycles. The molecule has 1 amide bonds. The van der Waals surface area contributed by atoms with E-state index in [0.29, 0.717) is 0 Å². The fraction of sp³-hybridized carbons (Fsp3) is 0.222. The summed E-state index contributed by atoms with van der Waals surface area (Å²) in [5.41, 5.74) is 0.158. The molecule has 0 unspecified atom stereocenters. The van der Waals surface area contributed by atoms with E-state index in [-0.39, 0.29) is 38.9 Å². The molecule has 0 radical (unpaired) electrons. The van der Waals surface area contributed by atoms with Gasteiger partial charge in [-0.1, -0.05) is 35.3 Å². The van der Waals surface area contributed by atoms with Gasteiger partial charge in [-0.15, -0.1) is 0 Å². The van der Waals surface area contributed by atoms with Crippen LogP contribution in [0.4, 0.5) is 18.9 Å². The van der Waals surface area contributed by atoms with Crippen LogP contribution in [0.1, 0.15) is 16.2 Å².